The third kappa shape index (κ3) is 7.92. The van der Waals surface area contributed by atoms with Crippen molar-refractivity contribution in [2.75, 3.05) is 29.4 Å². The van der Waals surface area contributed by atoms with Crippen molar-refractivity contribution >= 4 is 50.9 Å². The minimum Gasteiger partial charge on any atom is -0.461 e. The number of rotatable bonds is 11. The molecule has 5 rings (SSSR count). The maximum atomic E-state index is 13.6. The average Bonchev–Trinajstić information content (AvgIpc) is 3.72. The van der Waals surface area contributed by atoms with E-state index in [0.29, 0.717) is 36.6 Å². The first-order chi connectivity index (χ1) is 22.8. The van der Waals surface area contributed by atoms with Gasteiger partial charge in [-0.3, -0.25) is 15.0 Å². The quantitative estimate of drug-likeness (QED) is 0.256. The molecule has 2 saturated heterocycles. The number of ether oxygens (including phenoxy) is 1. The van der Waals surface area contributed by atoms with Crippen molar-refractivity contribution in [1.82, 2.24) is 14.9 Å². The standard InChI is InChI=1S/C34H41ClN6O6S/c1-22(2)47-32(43)29(38-31(42)30-8-5-18-40(30)48(45,46)28-15-9-23(3)10-16-28)20-24-11-13-26(14-12-24)39-19-17-37-34(39)41(33(36)44)27-7-4-6-25(35)21-27/h4,6-7,9-16,21-22,29-30,34,37H,5,8,17-20H2,1-3H3,(H2,36,44)(H,38,42)/t29-,30-,34?/m0/s1. The monoisotopic (exact) mass is 696 g/mol. The first kappa shape index (κ1) is 35.1. The number of hydrogen-bond donors (Lipinski definition) is 3. The van der Waals surface area contributed by atoms with Crippen LogP contribution in [0.2, 0.25) is 5.02 Å². The molecule has 3 amide bonds. The van der Waals surface area contributed by atoms with Crippen LogP contribution in [0, 0.1) is 6.92 Å². The Kier molecular flexibility index (Phi) is 10.9. The topological polar surface area (TPSA) is 154 Å². The van der Waals surface area contributed by atoms with Crippen LogP contribution >= 0.6 is 11.6 Å². The SMILES string of the molecule is Cc1ccc(S(=O)(=O)N2CCC[C@H]2C(=O)N[C@@H](Cc2ccc(N3CCNC3N(C(N)=O)c3cccc(Cl)c3)cc2)C(=O)OC(C)C)cc1. The minimum atomic E-state index is -3.93. The molecule has 2 aliphatic rings. The van der Waals surface area contributed by atoms with Crippen LogP contribution in [0.25, 0.3) is 0 Å². The second-order valence-electron chi connectivity index (χ2n) is 12.2. The predicted molar refractivity (Wildman–Crippen MR) is 184 cm³/mol. The largest absolute Gasteiger partial charge is 0.461 e. The summed E-state index contributed by atoms with van der Waals surface area (Å²) in [5.74, 6) is -1.17. The molecule has 3 atom stereocenters. The van der Waals surface area contributed by atoms with Crippen molar-refractivity contribution in [2.45, 2.75) is 69.4 Å². The molecule has 0 aromatic heterocycles. The highest BCUT2D eigenvalue weighted by Gasteiger charge is 2.41. The smallest absolute Gasteiger partial charge is 0.329 e. The van der Waals surface area contributed by atoms with E-state index in [0.717, 1.165) is 16.8 Å². The molecule has 3 aromatic rings. The van der Waals surface area contributed by atoms with Crippen LogP contribution in [-0.2, 0) is 30.8 Å². The number of nitrogens with two attached hydrogens (primary N) is 1. The van der Waals surface area contributed by atoms with Gasteiger partial charge in [-0.05, 0) is 81.6 Å². The van der Waals surface area contributed by atoms with Gasteiger partial charge in [-0.15, -0.1) is 0 Å². The number of primary amides is 1. The molecule has 0 spiro atoms. The number of urea groups is 1. The molecule has 0 radical (unpaired) electrons. The lowest BCUT2D eigenvalue weighted by Crippen LogP contribution is -2.55. The number of nitrogens with zero attached hydrogens (tertiary/aromatic N) is 3. The fourth-order valence-electron chi connectivity index (χ4n) is 6.03. The second-order valence-corrected chi connectivity index (χ2v) is 14.5. The van der Waals surface area contributed by atoms with Crippen LogP contribution in [0.1, 0.15) is 37.8 Å². The van der Waals surface area contributed by atoms with Gasteiger partial charge in [0.05, 0.1) is 16.7 Å². The number of halogens is 1. The lowest BCUT2D eigenvalue weighted by atomic mass is 10.0. The summed E-state index contributed by atoms with van der Waals surface area (Å²) in [4.78, 5) is 42.9. The van der Waals surface area contributed by atoms with Crippen molar-refractivity contribution in [2.24, 2.45) is 5.73 Å². The highest BCUT2D eigenvalue weighted by atomic mass is 35.5. The third-order valence-corrected chi connectivity index (χ3v) is 10.5. The van der Waals surface area contributed by atoms with Crippen LogP contribution < -0.4 is 26.2 Å². The highest BCUT2D eigenvalue weighted by Crippen LogP contribution is 2.29. The van der Waals surface area contributed by atoms with E-state index in [1.165, 1.54) is 21.3 Å². The normalized spacial score (nSPS) is 18.9. The lowest BCUT2D eigenvalue weighted by molar-refractivity contribution is -0.151. The van der Waals surface area contributed by atoms with Gasteiger partial charge >= 0.3 is 12.0 Å². The maximum Gasteiger partial charge on any atom is 0.329 e. The van der Waals surface area contributed by atoms with E-state index in [-0.39, 0.29) is 17.9 Å². The highest BCUT2D eigenvalue weighted by molar-refractivity contribution is 7.89. The van der Waals surface area contributed by atoms with Gasteiger partial charge in [-0.2, -0.15) is 4.31 Å². The summed E-state index contributed by atoms with van der Waals surface area (Å²) in [5.41, 5.74) is 8.81. The predicted octanol–water partition coefficient (Wildman–Crippen LogP) is 3.76. The molecule has 12 nitrogen and oxygen atoms in total. The molecular weight excluding hydrogens is 656 g/mol. The summed E-state index contributed by atoms with van der Waals surface area (Å²) in [7, 11) is -3.93. The summed E-state index contributed by atoms with van der Waals surface area (Å²) in [6, 6.07) is 18.1. The number of nitrogens with one attached hydrogen (secondary N) is 2. The van der Waals surface area contributed by atoms with Crippen LogP contribution in [0.4, 0.5) is 16.2 Å². The molecule has 1 unspecified atom stereocenters. The van der Waals surface area contributed by atoms with E-state index in [1.54, 1.807) is 50.2 Å². The van der Waals surface area contributed by atoms with Crippen LogP contribution in [0.15, 0.2) is 77.7 Å². The summed E-state index contributed by atoms with van der Waals surface area (Å²) in [6.07, 6.45) is -0.0168. The molecule has 3 aromatic carbocycles. The minimum absolute atomic E-state index is 0.116. The summed E-state index contributed by atoms with van der Waals surface area (Å²) in [5, 5.41) is 6.58. The molecule has 256 valence electrons. The van der Waals surface area contributed by atoms with Gasteiger partial charge in [0.1, 0.15) is 12.1 Å². The van der Waals surface area contributed by atoms with E-state index in [9.17, 15) is 22.8 Å². The number of carbonyl (C=O) groups excluding carboxylic acids is 3. The number of sulfonamides is 1. The van der Waals surface area contributed by atoms with Crippen LogP contribution in [0.5, 0.6) is 0 Å². The number of esters is 1. The summed E-state index contributed by atoms with van der Waals surface area (Å²) >= 11 is 6.19. The molecule has 48 heavy (non-hydrogen) atoms. The molecule has 2 aliphatic heterocycles. The Morgan fingerprint density at radius 3 is 2.42 bits per heavy atom. The van der Waals surface area contributed by atoms with E-state index in [2.05, 4.69) is 10.6 Å². The van der Waals surface area contributed by atoms with Crippen molar-refractivity contribution in [3.63, 3.8) is 0 Å². The second kappa shape index (κ2) is 14.9. The molecule has 0 bridgehead atoms. The Labute approximate surface area is 286 Å². The molecule has 0 aliphatic carbocycles. The number of benzene rings is 3. The van der Waals surface area contributed by atoms with E-state index in [4.69, 9.17) is 22.1 Å². The van der Waals surface area contributed by atoms with E-state index < -0.39 is 52.4 Å². The average molecular weight is 697 g/mol. The number of aryl methyl sites for hydroxylation is 1. The fourth-order valence-corrected chi connectivity index (χ4v) is 7.87. The molecule has 4 N–H and O–H groups in total. The summed E-state index contributed by atoms with van der Waals surface area (Å²) < 4.78 is 33.6. The van der Waals surface area contributed by atoms with Crippen LogP contribution in [0.3, 0.4) is 0 Å². The van der Waals surface area contributed by atoms with Crippen molar-refractivity contribution in [1.29, 1.82) is 0 Å². The molecular formula is C34H41ClN6O6S. The van der Waals surface area contributed by atoms with Gasteiger partial charge in [0.2, 0.25) is 15.9 Å². The fraction of sp³-hybridized carbons (Fsp3) is 0.382. The van der Waals surface area contributed by atoms with Crippen LogP contribution in [-0.4, -0.2) is 74.7 Å². The van der Waals surface area contributed by atoms with E-state index >= 15 is 0 Å². The molecule has 2 fully saturated rings. The Bertz CT molecular complexity index is 1740. The Balaban J connectivity index is 1.32. The molecule has 2 heterocycles. The zero-order chi connectivity index (χ0) is 34.6. The van der Waals surface area contributed by atoms with E-state index in [1.807, 2.05) is 36.1 Å². The molecule has 0 saturated carbocycles. The zero-order valence-electron chi connectivity index (χ0n) is 27.1. The Morgan fingerprint density at radius 2 is 1.77 bits per heavy atom. The zero-order valence-corrected chi connectivity index (χ0v) is 28.7. The first-order valence-electron chi connectivity index (χ1n) is 15.9. The van der Waals surface area contributed by atoms with Gasteiger partial charge < -0.3 is 20.7 Å². The van der Waals surface area contributed by atoms with Crippen molar-refractivity contribution in [3.8, 4) is 0 Å². The van der Waals surface area contributed by atoms with Crippen molar-refractivity contribution < 1.29 is 27.5 Å². The number of carbonyl (C=O) groups is 3. The Morgan fingerprint density at radius 1 is 1.06 bits per heavy atom. The first-order valence-corrected chi connectivity index (χ1v) is 17.7. The van der Waals surface area contributed by atoms with Gasteiger partial charge in [0, 0.05) is 36.8 Å². The van der Waals surface area contributed by atoms with Gasteiger partial charge in [-0.1, -0.05) is 47.5 Å². The van der Waals surface area contributed by atoms with Crippen molar-refractivity contribution in [3.05, 3.63) is 88.9 Å². The van der Waals surface area contributed by atoms with Gasteiger partial charge in [-0.25, -0.2) is 18.0 Å². The summed E-state index contributed by atoms with van der Waals surface area (Å²) in [6.45, 7) is 6.71. The third-order valence-electron chi connectivity index (χ3n) is 8.34. The maximum absolute atomic E-state index is 13.6. The number of hydrogen-bond acceptors (Lipinski definition) is 8. The number of anilines is 2. The van der Waals surface area contributed by atoms with Gasteiger partial charge in [0.25, 0.3) is 0 Å². The van der Waals surface area contributed by atoms with Gasteiger partial charge in [0.15, 0.2) is 6.29 Å². The number of amides is 3. The Hall–Kier alpha value is -4.17. The lowest BCUT2D eigenvalue weighted by Gasteiger charge is -2.35. The molecule has 14 heteroatoms.